The van der Waals surface area contributed by atoms with Crippen molar-refractivity contribution in [3.05, 3.63) is 52.4 Å². The Morgan fingerprint density at radius 1 is 1.21 bits per heavy atom. The summed E-state index contributed by atoms with van der Waals surface area (Å²) in [6.07, 6.45) is -1.65. The van der Waals surface area contributed by atoms with Crippen LogP contribution in [0.3, 0.4) is 0 Å². The van der Waals surface area contributed by atoms with Crippen molar-refractivity contribution < 1.29 is 32.3 Å². The van der Waals surface area contributed by atoms with E-state index >= 15 is 4.39 Å². The number of aliphatic hydroxyl groups is 1. The number of nitrogens with one attached hydrogen (secondary N) is 2. The number of aliphatic hydroxyl groups excluding tert-OH is 1. The van der Waals surface area contributed by atoms with Crippen LogP contribution in [0.15, 0.2) is 41.8 Å². The van der Waals surface area contributed by atoms with Crippen LogP contribution in [0.4, 0.5) is 28.9 Å². The summed E-state index contributed by atoms with van der Waals surface area (Å²) >= 11 is 1.00. The van der Waals surface area contributed by atoms with E-state index in [1.807, 2.05) is 25.8 Å². The first kappa shape index (κ1) is 31.0. The maximum absolute atomic E-state index is 15.8. The second-order valence-electron chi connectivity index (χ2n) is 11.5. The molecule has 9 nitrogen and oxygen atoms in total. The van der Waals surface area contributed by atoms with Crippen LogP contribution in [-0.2, 0) is 4.79 Å². The number of halogens is 4. The van der Waals surface area contributed by atoms with E-state index in [4.69, 9.17) is 0 Å². The number of dihydropyridines is 1. The summed E-state index contributed by atoms with van der Waals surface area (Å²) in [5, 5.41) is 14.8. The highest BCUT2D eigenvalue weighted by Crippen LogP contribution is 2.39. The largest absolute Gasteiger partial charge is 0.417 e. The SMILES string of the molecule is C[C@@H]1CN(c2cc(F)c(-c3ncc(C(=O)N(C)CC4CC4)s3)cc2NC(=O)C2=CNC(O)C=C2C(F)(F)F)C[C@H](C)N1C. The number of amides is 2. The molecular formula is C29H34F4N6O3S. The normalized spacial score (nSPS) is 22.9. The third-order valence-corrected chi connectivity index (χ3v) is 9.14. The zero-order valence-electron chi connectivity index (χ0n) is 24.2. The minimum atomic E-state index is -4.90. The predicted molar refractivity (Wildman–Crippen MR) is 156 cm³/mol. The molecule has 14 heteroatoms. The van der Waals surface area contributed by atoms with Gasteiger partial charge in [-0.3, -0.25) is 14.5 Å². The molecule has 3 N–H and O–H groups in total. The van der Waals surface area contributed by atoms with Crippen LogP contribution in [0.1, 0.15) is 36.4 Å². The summed E-state index contributed by atoms with van der Waals surface area (Å²) < 4.78 is 57.1. The minimum Gasteiger partial charge on any atom is -0.370 e. The molecule has 43 heavy (non-hydrogen) atoms. The Bertz CT molecular complexity index is 1460. The molecule has 0 radical (unpaired) electrons. The van der Waals surface area contributed by atoms with E-state index in [1.54, 1.807) is 11.9 Å². The predicted octanol–water partition coefficient (Wildman–Crippen LogP) is 4.19. The van der Waals surface area contributed by atoms with Crippen molar-refractivity contribution in [3.8, 4) is 10.6 Å². The van der Waals surface area contributed by atoms with Crippen molar-refractivity contribution >= 4 is 34.5 Å². The van der Waals surface area contributed by atoms with Gasteiger partial charge < -0.3 is 25.5 Å². The fourth-order valence-corrected chi connectivity index (χ4v) is 6.24. The van der Waals surface area contributed by atoms with E-state index < -0.39 is 35.3 Å². The van der Waals surface area contributed by atoms with Gasteiger partial charge in [-0.05, 0) is 51.8 Å². The van der Waals surface area contributed by atoms with Gasteiger partial charge in [0.15, 0.2) is 0 Å². The molecule has 2 amide bonds. The molecule has 1 saturated heterocycles. The molecule has 0 bridgehead atoms. The van der Waals surface area contributed by atoms with Crippen LogP contribution in [-0.4, -0.2) is 89.9 Å². The highest BCUT2D eigenvalue weighted by atomic mass is 32.1. The van der Waals surface area contributed by atoms with Crippen molar-refractivity contribution in [3.63, 3.8) is 0 Å². The molecule has 232 valence electrons. The van der Waals surface area contributed by atoms with E-state index in [9.17, 15) is 27.9 Å². The smallest absolute Gasteiger partial charge is 0.370 e. The Kier molecular flexibility index (Phi) is 8.56. The molecule has 3 atom stereocenters. The van der Waals surface area contributed by atoms with Gasteiger partial charge in [-0.1, -0.05) is 0 Å². The standard InChI is InChI=1S/C29H34F4N6O3S/c1-15-12-39(13-16(2)38(15)4)23-9-21(30)18(27-35-11-24(43-27)28(42)37(3)14-17-5-6-17)7-22(23)36-26(41)19-10-34-25(40)8-20(19)29(31,32)33/h7-11,15-17,25,34,40H,5-6,12-14H2,1-4H3,(H,36,41)/t15-,16+,25?. The number of rotatable bonds is 7. The highest BCUT2D eigenvalue weighted by Gasteiger charge is 2.40. The van der Waals surface area contributed by atoms with Crippen molar-refractivity contribution in [2.24, 2.45) is 5.92 Å². The number of nitrogens with zero attached hydrogens (tertiary/aromatic N) is 4. The topological polar surface area (TPSA) is 101 Å². The maximum atomic E-state index is 15.8. The summed E-state index contributed by atoms with van der Waals surface area (Å²) in [5.41, 5.74) is -1.62. The molecule has 3 heterocycles. The van der Waals surface area contributed by atoms with Crippen LogP contribution in [0.25, 0.3) is 10.6 Å². The van der Waals surface area contributed by atoms with E-state index in [2.05, 4.69) is 20.5 Å². The second-order valence-corrected chi connectivity index (χ2v) is 12.5. The third kappa shape index (κ3) is 6.70. The molecule has 2 aromatic rings. The van der Waals surface area contributed by atoms with Crippen LogP contribution in [0, 0.1) is 11.7 Å². The molecule has 3 aliphatic rings. The molecule has 1 saturated carbocycles. The first-order valence-electron chi connectivity index (χ1n) is 14.0. The van der Waals surface area contributed by atoms with Crippen molar-refractivity contribution in [2.75, 3.05) is 43.9 Å². The minimum absolute atomic E-state index is 0.000860. The Morgan fingerprint density at radius 3 is 2.51 bits per heavy atom. The number of aromatic nitrogens is 1. The van der Waals surface area contributed by atoms with E-state index in [0.717, 1.165) is 30.4 Å². The number of likely N-dealkylation sites (N-methyl/N-ethyl adjacent to an activating group) is 1. The average molecular weight is 623 g/mol. The quantitative estimate of drug-likeness (QED) is 0.398. The molecule has 0 spiro atoms. The molecular weight excluding hydrogens is 588 g/mol. The summed E-state index contributed by atoms with van der Waals surface area (Å²) in [7, 11) is 3.68. The number of hydrogen-bond donors (Lipinski definition) is 3. The van der Waals surface area contributed by atoms with Gasteiger partial charge >= 0.3 is 6.18 Å². The number of piperazine rings is 1. The first-order chi connectivity index (χ1) is 20.2. The zero-order valence-corrected chi connectivity index (χ0v) is 25.0. The number of thiazole rings is 1. The van der Waals surface area contributed by atoms with Crippen molar-refractivity contribution in [1.82, 2.24) is 20.1 Å². The van der Waals surface area contributed by atoms with Gasteiger partial charge in [-0.25, -0.2) is 9.37 Å². The van der Waals surface area contributed by atoms with Gasteiger partial charge in [0.25, 0.3) is 11.8 Å². The van der Waals surface area contributed by atoms with Crippen LogP contribution in [0.2, 0.25) is 0 Å². The first-order valence-corrected chi connectivity index (χ1v) is 14.8. The number of hydrogen-bond acceptors (Lipinski definition) is 8. The third-order valence-electron chi connectivity index (χ3n) is 8.12. The lowest BCUT2D eigenvalue weighted by atomic mass is 10.0. The Balaban J connectivity index is 1.50. The summed E-state index contributed by atoms with van der Waals surface area (Å²) in [4.78, 5) is 36.5. The Labute approximate surface area is 250 Å². The van der Waals surface area contributed by atoms with Crippen LogP contribution < -0.4 is 15.5 Å². The zero-order chi connectivity index (χ0) is 31.2. The lowest BCUT2D eigenvalue weighted by Gasteiger charge is -2.44. The Morgan fingerprint density at radius 2 is 1.88 bits per heavy atom. The lowest BCUT2D eigenvalue weighted by Crippen LogP contribution is -2.55. The molecule has 1 aromatic heterocycles. The summed E-state index contributed by atoms with van der Waals surface area (Å²) in [6.45, 7) is 5.60. The fraction of sp³-hybridized carbons (Fsp3) is 0.483. The van der Waals surface area contributed by atoms with Crippen molar-refractivity contribution in [2.45, 2.75) is 51.2 Å². The Hall–Kier alpha value is -3.49. The number of carbonyl (C=O) groups is 2. The van der Waals surface area contributed by atoms with Gasteiger partial charge in [0.05, 0.1) is 28.7 Å². The molecule has 1 unspecified atom stereocenters. The highest BCUT2D eigenvalue weighted by molar-refractivity contribution is 7.16. The molecule has 1 aliphatic carbocycles. The van der Waals surface area contributed by atoms with Gasteiger partial charge in [0, 0.05) is 56.6 Å². The summed E-state index contributed by atoms with van der Waals surface area (Å²) in [6, 6.07) is 2.73. The van der Waals surface area contributed by atoms with Gasteiger partial charge in [-0.2, -0.15) is 13.2 Å². The summed E-state index contributed by atoms with van der Waals surface area (Å²) in [5.74, 6) is -1.48. The number of anilines is 2. The van der Waals surface area contributed by atoms with Crippen molar-refractivity contribution in [1.29, 1.82) is 0 Å². The maximum Gasteiger partial charge on any atom is 0.417 e. The van der Waals surface area contributed by atoms with Gasteiger partial charge in [0.2, 0.25) is 0 Å². The number of benzene rings is 1. The van der Waals surface area contributed by atoms with E-state index in [0.29, 0.717) is 42.2 Å². The molecule has 1 aromatic carbocycles. The number of alkyl halides is 3. The fourth-order valence-electron chi connectivity index (χ4n) is 5.31. The van der Waals surface area contributed by atoms with Crippen LogP contribution >= 0.6 is 11.3 Å². The monoisotopic (exact) mass is 622 g/mol. The molecule has 5 rings (SSSR count). The lowest BCUT2D eigenvalue weighted by molar-refractivity contribution is -0.115. The van der Waals surface area contributed by atoms with E-state index in [-0.39, 0.29) is 34.2 Å². The number of carbonyl (C=O) groups excluding carboxylic acids is 2. The average Bonchev–Trinajstić information content (AvgIpc) is 3.62. The molecule has 2 fully saturated rings. The van der Waals surface area contributed by atoms with E-state index in [1.165, 1.54) is 18.3 Å². The second kappa shape index (κ2) is 11.9. The molecule has 2 aliphatic heterocycles. The van der Waals surface area contributed by atoms with Gasteiger partial charge in [-0.15, -0.1) is 11.3 Å². The van der Waals surface area contributed by atoms with Gasteiger partial charge in [0.1, 0.15) is 21.9 Å². The van der Waals surface area contributed by atoms with Crippen LogP contribution in [0.5, 0.6) is 0 Å².